The first kappa shape index (κ1) is 12.5. The third-order valence-electron chi connectivity index (χ3n) is 4.47. The fourth-order valence-corrected chi connectivity index (χ4v) is 3.34. The number of benzene rings is 3. The van der Waals surface area contributed by atoms with Gasteiger partial charge in [-0.2, -0.15) is 0 Å². The highest BCUT2D eigenvalue weighted by Gasteiger charge is 2.17. The predicted molar refractivity (Wildman–Crippen MR) is 89.8 cm³/mol. The maximum absolute atomic E-state index is 3.71. The Hall–Kier alpha value is -2.28. The van der Waals surface area contributed by atoms with E-state index in [1.165, 1.54) is 40.4 Å². The van der Waals surface area contributed by atoms with E-state index < -0.39 is 0 Å². The van der Waals surface area contributed by atoms with Crippen LogP contribution in [0.4, 0.5) is 5.69 Å². The molecule has 1 atom stereocenters. The SMILES string of the molecule is c1ccc2c(c1)CCC(Nc1ccc3ccccc3c1)C2. The molecule has 1 aliphatic carbocycles. The maximum atomic E-state index is 3.71. The molecule has 0 bridgehead atoms. The summed E-state index contributed by atoms with van der Waals surface area (Å²) < 4.78 is 0. The van der Waals surface area contributed by atoms with E-state index >= 15 is 0 Å². The zero-order valence-electron chi connectivity index (χ0n) is 12.0. The van der Waals surface area contributed by atoms with Gasteiger partial charge >= 0.3 is 0 Å². The smallest absolute Gasteiger partial charge is 0.0348 e. The monoisotopic (exact) mass is 273 g/mol. The van der Waals surface area contributed by atoms with Crippen LogP contribution in [0.2, 0.25) is 0 Å². The highest BCUT2D eigenvalue weighted by atomic mass is 14.9. The van der Waals surface area contributed by atoms with Crippen LogP contribution >= 0.6 is 0 Å². The van der Waals surface area contributed by atoms with E-state index in [-0.39, 0.29) is 0 Å². The third-order valence-corrected chi connectivity index (χ3v) is 4.47. The molecule has 1 heteroatoms. The van der Waals surface area contributed by atoms with Crippen LogP contribution in [0.3, 0.4) is 0 Å². The van der Waals surface area contributed by atoms with Crippen molar-refractivity contribution in [3.8, 4) is 0 Å². The summed E-state index contributed by atoms with van der Waals surface area (Å²) in [5.74, 6) is 0. The Balaban J connectivity index is 1.55. The Morgan fingerprint density at radius 1 is 0.762 bits per heavy atom. The van der Waals surface area contributed by atoms with Crippen molar-refractivity contribution in [3.63, 3.8) is 0 Å². The summed E-state index contributed by atoms with van der Waals surface area (Å²) in [7, 11) is 0. The van der Waals surface area contributed by atoms with Gasteiger partial charge in [0, 0.05) is 11.7 Å². The summed E-state index contributed by atoms with van der Waals surface area (Å²) in [6, 6.07) is 24.6. The second-order valence-electron chi connectivity index (χ2n) is 5.91. The number of hydrogen-bond acceptors (Lipinski definition) is 1. The fourth-order valence-electron chi connectivity index (χ4n) is 3.34. The molecule has 0 saturated carbocycles. The van der Waals surface area contributed by atoms with Crippen molar-refractivity contribution < 1.29 is 0 Å². The fraction of sp³-hybridized carbons (Fsp3) is 0.200. The summed E-state index contributed by atoms with van der Waals surface area (Å²) in [5.41, 5.74) is 4.26. The zero-order valence-corrected chi connectivity index (χ0v) is 12.0. The Morgan fingerprint density at radius 2 is 1.52 bits per heavy atom. The lowest BCUT2D eigenvalue weighted by atomic mass is 9.88. The highest BCUT2D eigenvalue weighted by molar-refractivity contribution is 5.85. The lowest BCUT2D eigenvalue weighted by Crippen LogP contribution is -2.27. The molecule has 0 fully saturated rings. The molecule has 1 nitrogen and oxygen atoms in total. The second-order valence-corrected chi connectivity index (χ2v) is 5.91. The molecule has 0 spiro atoms. The summed E-state index contributed by atoms with van der Waals surface area (Å²) in [6.45, 7) is 0. The van der Waals surface area contributed by atoms with Gasteiger partial charge in [0.15, 0.2) is 0 Å². The minimum Gasteiger partial charge on any atom is -0.382 e. The van der Waals surface area contributed by atoms with Crippen LogP contribution in [0.5, 0.6) is 0 Å². The second kappa shape index (κ2) is 5.25. The van der Waals surface area contributed by atoms with Gasteiger partial charge in [-0.3, -0.25) is 0 Å². The van der Waals surface area contributed by atoms with E-state index in [2.05, 4.69) is 72.0 Å². The lowest BCUT2D eigenvalue weighted by molar-refractivity contribution is 0.611. The summed E-state index contributed by atoms with van der Waals surface area (Å²) >= 11 is 0. The molecule has 1 aliphatic rings. The van der Waals surface area contributed by atoms with E-state index in [1.807, 2.05) is 0 Å². The number of nitrogens with one attached hydrogen (secondary N) is 1. The molecule has 3 aromatic rings. The van der Waals surface area contributed by atoms with E-state index in [1.54, 1.807) is 0 Å². The number of fused-ring (bicyclic) bond motifs is 2. The molecule has 1 unspecified atom stereocenters. The van der Waals surface area contributed by atoms with Crippen molar-refractivity contribution >= 4 is 16.5 Å². The standard InChI is InChI=1S/C20H19N/c1-3-7-17-13-19(11-9-15(17)5-1)21-20-12-10-16-6-2-4-8-18(16)14-20/h1-9,11,13,20-21H,10,12,14H2. The Bertz CT molecular complexity index is 775. The van der Waals surface area contributed by atoms with E-state index in [0.29, 0.717) is 6.04 Å². The van der Waals surface area contributed by atoms with Crippen molar-refractivity contribution in [2.45, 2.75) is 25.3 Å². The van der Waals surface area contributed by atoms with Crippen LogP contribution in [0.15, 0.2) is 66.7 Å². The van der Waals surface area contributed by atoms with Crippen LogP contribution in [-0.2, 0) is 12.8 Å². The molecule has 3 aromatic carbocycles. The molecule has 0 aromatic heterocycles. The molecule has 21 heavy (non-hydrogen) atoms. The van der Waals surface area contributed by atoms with E-state index in [9.17, 15) is 0 Å². The molecule has 1 N–H and O–H groups in total. The van der Waals surface area contributed by atoms with Crippen LogP contribution in [0.1, 0.15) is 17.5 Å². The molecule has 0 saturated heterocycles. The van der Waals surface area contributed by atoms with Gasteiger partial charge in [-0.25, -0.2) is 0 Å². The van der Waals surface area contributed by atoms with Gasteiger partial charge in [0.25, 0.3) is 0 Å². The molecule has 0 radical (unpaired) electrons. The van der Waals surface area contributed by atoms with Crippen molar-refractivity contribution in [1.29, 1.82) is 0 Å². The molecule has 104 valence electrons. The topological polar surface area (TPSA) is 12.0 Å². The Morgan fingerprint density at radius 3 is 2.43 bits per heavy atom. The van der Waals surface area contributed by atoms with Gasteiger partial charge in [-0.1, -0.05) is 54.6 Å². The first-order chi connectivity index (χ1) is 10.4. The highest BCUT2D eigenvalue weighted by Crippen LogP contribution is 2.25. The van der Waals surface area contributed by atoms with Gasteiger partial charge in [0.05, 0.1) is 0 Å². The zero-order chi connectivity index (χ0) is 14.1. The minimum absolute atomic E-state index is 0.543. The number of anilines is 1. The number of aryl methyl sites for hydroxylation is 1. The van der Waals surface area contributed by atoms with E-state index in [4.69, 9.17) is 0 Å². The number of rotatable bonds is 2. The average Bonchev–Trinajstić information content (AvgIpc) is 2.55. The van der Waals surface area contributed by atoms with Gasteiger partial charge in [0.1, 0.15) is 0 Å². The lowest BCUT2D eigenvalue weighted by Gasteiger charge is -2.26. The first-order valence-electron chi connectivity index (χ1n) is 7.71. The van der Waals surface area contributed by atoms with Crippen molar-refractivity contribution in [2.24, 2.45) is 0 Å². The van der Waals surface area contributed by atoms with Crippen molar-refractivity contribution in [1.82, 2.24) is 0 Å². The maximum Gasteiger partial charge on any atom is 0.0348 e. The molecule has 4 rings (SSSR count). The molecule has 0 heterocycles. The average molecular weight is 273 g/mol. The van der Waals surface area contributed by atoms with Crippen LogP contribution in [0, 0.1) is 0 Å². The van der Waals surface area contributed by atoms with Gasteiger partial charge in [0.2, 0.25) is 0 Å². The molecule has 0 aliphatic heterocycles. The predicted octanol–water partition coefficient (Wildman–Crippen LogP) is 4.81. The minimum atomic E-state index is 0.543. The summed E-state index contributed by atoms with van der Waals surface area (Å²) in [4.78, 5) is 0. The van der Waals surface area contributed by atoms with E-state index in [0.717, 1.165) is 6.42 Å². The quantitative estimate of drug-likeness (QED) is 0.706. The molecular weight excluding hydrogens is 254 g/mol. The Labute approximate surface area is 125 Å². The van der Waals surface area contributed by atoms with Gasteiger partial charge in [-0.15, -0.1) is 0 Å². The molecule has 0 amide bonds. The largest absolute Gasteiger partial charge is 0.382 e. The van der Waals surface area contributed by atoms with Crippen molar-refractivity contribution in [3.05, 3.63) is 77.9 Å². The van der Waals surface area contributed by atoms with Gasteiger partial charge in [-0.05, 0) is 53.3 Å². The summed E-state index contributed by atoms with van der Waals surface area (Å²) in [5, 5.41) is 6.32. The van der Waals surface area contributed by atoms with Crippen LogP contribution in [-0.4, -0.2) is 6.04 Å². The summed E-state index contributed by atoms with van der Waals surface area (Å²) in [6.07, 6.45) is 3.52. The first-order valence-corrected chi connectivity index (χ1v) is 7.71. The number of hydrogen-bond donors (Lipinski definition) is 1. The Kier molecular flexibility index (Phi) is 3.11. The molecular formula is C20H19N. The van der Waals surface area contributed by atoms with Crippen LogP contribution < -0.4 is 5.32 Å². The van der Waals surface area contributed by atoms with Crippen LogP contribution in [0.25, 0.3) is 10.8 Å². The van der Waals surface area contributed by atoms with Crippen molar-refractivity contribution in [2.75, 3.05) is 5.32 Å². The van der Waals surface area contributed by atoms with Gasteiger partial charge < -0.3 is 5.32 Å². The third kappa shape index (κ3) is 2.52. The normalized spacial score (nSPS) is 17.4.